The van der Waals surface area contributed by atoms with Crippen molar-refractivity contribution in [2.45, 2.75) is 0 Å². The lowest BCUT2D eigenvalue weighted by atomic mass is 10.5. The van der Waals surface area contributed by atoms with Crippen molar-refractivity contribution < 1.29 is 13.9 Å². The third-order valence-electron chi connectivity index (χ3n) is 0.903. The fraction of sp³-hybridized carbons (Fsp3) is 0.200. The maximum atomic E-state index is 12.4. The first-order valence-corrected chi connectivity index (χ1v) is 3.31. The van der Waals surface area contributed by atoms with E-state index in [9.17, 15) is 9.18 Å². The SMILES string of the molecule is COC(=O)c1ncsc1F. The number of carbonyl (C=O) groups is 1. The zero-order valence-corrected chi connectivity index (χ0v) is 5.94. The molecule has 0 atom stereocenters. The van der Waals surface area contributed by atoms with Crippen molar-refractivity contribution >= 4 is 17.3 Å². The van der Waals surface area contributed by atoms with Gasteiger partial charge in [0.25, 0.3) is 0 Å². The highest BCUT2D eigenvalue weighted by molar-refractivity contribution is 7.08. The van der Waals surface area contributed by atoms with Gasteiger partial charge in [-0.3, -0.25) is 0 Å². The Labute approximate surface area is 60.5 Å². The van der Waals surface area contributed by atoms with Crippen LogP contribution in [0.5, 0.6) is 0 Å². The van der Waals surface area contributed by atoms with E-state index in [2.05, 4.69) is 9.72 Å². The average Bonchev–Trinajstić information content (AvgIpc) is 2.34. The monoisotopic (exact) mass is 161 g/mol. The van der Waals surface area contributed by atoms with Crippen molar-refractivity contribution in [3.05, 3.63) is 16.3 Å². The summed E-state index contributed by atoms with van der Waals surface area (Å²) in [6.45, 7) is 0. The second-order valence-electron chi connectivity index (χ2n) is 1.47. The Balaban J connectivity index is 2.93. The van der Waals surface area contributed by atoms with Crippen LogP contribution in [-0.2, 0) is 4.74 Å². The molecule has 0 fully saturated rings. The molecule has 54 valence electrons. The van der Waals surface area contributed by atoms with Crippen molar-refractivity contribution in [1.82, 2.24) is 4.98 Å². The number of halogens is 1. The summed E-state index contributed by atoms with van der Waals surface area (Å²) in [5, 5.41) is -0.605. The van der Waals surface area contributed by atoms with Crippen molar-refractivity contribution in [1.29, 1.82) is 0 Å². The lowest BCUT2D eigenvalue weighted by molar-refractivity contribution is 0.0590. The fourth-order valence-corrected chi connectivity index (χ4v) is 0.960. The maximum absolute atomic E-state index is 12.4. The molecule has 0 N–H and O–H groups in total. The van der Waals surface area contributed by atoms with Gasteiger partial charge < -0.3 is 4.74 Å². The summed E-state index contributed by atoms with van der Waals surface area (Å²) in [4.78, 5) is 14.0. The molecule has 5 heteroatoms. The minimum atomic E-state index is -0.737. The highest BCUT2D eigenvalue weighted by atomic mass is 32.1. The van der Waals surface area contributed by atoms with E-state index < -0.39 is 11.1 Å². The van der Waals surface area contributed by atoms with Gasteiger partial charge >= 0.3 is 5.97 Å². The molecule has 0 bridgehead atoms. The summed E-state index contributed by atoms with van der Waals surface area (Å²) >= 11 is 0.769. The Hall–Kier alpha value is -0.970. The topological polar surface area (TPSA) is 39.2 Å². The summed E-state index contributed by atoms with van der Waals surface area (Å²) in [6, 6.07) is 0. The zero-order valence-electron chi connectivity index (χ0n) is 5.13. The molecule has 0 aliphatic heterocycles. The van der Waals surface area contributed by atoms with Gasteiger partial charge in [0.2, 0.25) is 5.13 Å². The molecule has 3 nitrogen and oxygen atoms in total. The van der Waals surface area contributed by atoms with E-state index in [1.807, 2.05) is 0 Å². The molecule has 1 heterocycles. The van der Waals surface area contributed by atoms with E-state index in [1.54, 1.807) is 0 Å². The molecular weight excluding hydrogens is 157 g/mol. The molecule has 0 radical (unpaired) electrons. The largest absolute Gasteiger partial charge is 0.464 e. The third kappa shape index (κ3) is 1.13. The van der Waals surface area contributed by atoms with Crippen LogP contribution in [0.25, 0.3) is 0 Å². The van der Waals surface area contributed by atoms with E-state index in [0.717, 1.165) is 11.3 Å². The van der Waals surface area contributed by atoms with Crippen molar-refractivity contribution in [3.63, 3.8) is 0 Å². The molecule has 1 rings (SSSR count). The lowest BCUT2D eigenvalue weighted by Crippen LogP contribution is -2.02. The van der Waals surface area contributed by atoms with Crippen LogP contribution in [0, 0.1) is 5.13 Å². The van der Waals surface area contributed by atoms with Gasteiger partial charge in [-0.15, -0.1) is 0 Å². The van der Waals surface area contributed by atoms with Gasteiger partial charge in [-0.2, -0.15) is 4.39 Å². The molecule has 0 saturated heterocycles. The number of carbonyl (C=O) groups excluding carboxylic acids is 1. The smallest absolute Gasteiger partial charge is 0.360 e. The van der Waals surface area contributed by atoms with Crippen LogP contribution in [0.15, 0.2) is 5.51 Å². The highest BCUT2D eigenvalue weighted by Gasteiger charge is 2.14. The Bertz CT molecular complexity index is 248. The zero-order chi connectivity index (χ0) is 7.56. The molecule has 0 aliphatic carbocycles. The van der Waals surface area contributed by atoms with E-state index >= 15 is 0 Å². The van der Waals surface area contributed by atoms with Crippen molar-refractivity contribution in [2.75, 3.05) is 7.11 Å². The number of thiazole rings is 1. The number of esters is 1. The number of hydrogen-bond acceptors (Lipinski definition) is 4. The van der Waals surface area contributed by atoms with Crippen molar-refractivity contribution in [3.8, 4) is 0 Å². The molecular formula is C5H4FNO2S. The average molecular weight is 161 g/mol. The van der Waals surface area contributed by atoms with Crippen LogP contribution in [-0.4, -0.2) is 18.1 Å². The summed E-state index contributed by atoms with van der Waals surface area (Å²) in [7, 11) is 1.18. The van der Waals surface area contributed by atoms with Gasteiger partial charge in [0.1, 0.15) is 0 Å². The summed E-state index contributed by atoms with van der Waals surface area (Å²) < 4.78 is 16.7. The van der Waals surface area contributed by atoms with E-state index in [0.29, 0.717) is 0 Å². The Morgan fingerprint density at radius 2 is 2.60 bits per heavy atom. The van der Waals surface area contributed by atoms with Crippen LogP contribution in [0.1, 0.15) is 10.5 Å². The molecule has 0 saturated carbocycles. The third-order valence-corrected chi connectivity index (χ3v) is 1.51. The number of aromatic nitrogens is 1. The molecule has 1 aromatic rings. The second-order valence-corrected chi connectivity index (χ2v) is 2.27. The number of ether oxygens (including phenoxy) is 1. The highest BCUT2D eigenvalue weighted by Crippen LogP contribution is 2.10. The predicted molar refractivity (Wildman–Crippen MR) is 33.4 cm³/mol. The van der Waals surface area contributed by atoms with E-state index in [-0.39, 0.29) is 5.69 Å². The van der Waals surface area contributed by atoms with Crippen LogP contribution in [0.4, 0.5) is 4.39 Å². The normalized spacial score (nSPS) is 9.40. The van der Waals surface area contributed by atoms with Crippen LogP contribution in [0.2, 0.25) is 0 Å². The summed E-state index contributed by atoms with van der Waals surface area (Å²) in [5.41, 5.74) is 1.01. The van der Waals surface area contributed by atoms with Gasteiger partial charge in [-0.1, -0.05) is 11.3 Å². The van der Waals surface area contributed by atoms with Gasteiger partial charge in [0, 0.05) is 0 Å². The molecule has 0 spiro atoms. The Morgan fingerprint density at radius 3 is 3.00 bits per heavy atom. The predicted octanol–water partition coefficient (Wildman–Crippen LogP) is 1.07. The molecule has 0 aromatic carbocycles. The first-order chi connectivity index (χ1) is 4.75. The number of hydrogen-bond donors (Lipinski definition) is 0. The van der Waals surface area contributed by atoms with Crippen molar-refractivity contribution in [2.24, 2.45) is 0 Å². The molecule has 10 heavy (non-hydrogen) atoms. The standard InChI is InChI=1S/C5H4FNO2S/c1-9-5(8)3-4(6)10-2-7-3/h2H,1H3. The Morgan fingerprint density at radius 1 is 1.90 bits per heavy atom. The fourth-order valence-electron chi connectivity index (χ4n) is 0.462. The Kier molecular flexibility index (Phi) is 1.96. The van der Waals surface area contributed by atoms with Gasteiger partial charge in [0.15, 0.2) is 5.69 Å². The first-order valence-electron chi connectivity index (χ1n) is 2.43. The minimum absolute atomic E-state index is 0.243. The van der Waals surface area contributed by atoms with E-state index in [1.165, 1.54) is 12.6 Å². The second kappa shape index (κ2) is 2.74. The van der Waals surface area contributed by atoms with Crippen LogP contribution >= 0.6 is 11.3 Å². The number of nitrogens with zero attached hydrogens (tertiary/aromatic N) is 1. The van der Waals surface area contributed by atoms with Gasteiger partial charge in [-0.05, 0) is 0 Å². The maximum Gasteiger partial charge on any atom is 0.360 e. The quantitative estimate of drug-likeness (QED) is 0.578. The van der Waals surface area contributed by atoms with Crippen LogP contribution < -0.4 is 0 Å². The molecule has 0 unspecified atom stereocenters. The first kappa shape index (κ1) is 7.14. The molecule has 0 amide bonds. The van der Waals surface area contributed by atoms with Gasteiger partial charge in [-0.25, -0.2) is 9.78 Å². The lowest BCUT2D eigenvalue weighted by Gasteiger charge is -1.90. The van der Waals surface area contributed by atoms with E-state index in [4.69, 9.17) is 0 Å². The molecule has 0 aliphatic rings. The number of rotatable bonds is 1. The molecule has 1 aromatic heterocycles. The summed E-state index contributed by atoms with van der Waals surface area (Å²) in [5.74, 6) is -0.737. The minimum Gasteiger partial charge on any atom is -0.464 e. The number of methoxy groups -OCH3 is 1. The summed E-state index contributed by atoms with van der Waals surface area (Å²) in [6.07, 6.45) is 0. The van der Waals surface area contributed by atoms with Gasteiger partial charge in [0.05, 0.1) is 12.6 Å². The van der Waals surface area contributed by atoms with Crippen LogP contribution in [0.3, 0.4) is 0 Å².